The van der Waals surface area contributed by atoms with Gasteiger partial charge in [0.15, 0.2) is 0 Å². The lowest BCUT2D eigenvalue weighted by Gasteiger charge is -2.06. The van der Waals surface area contributed by atoms with Crippen molar-refractivity contribution in [1.29, 1.82) is 0 Å². The number of rotatable bonds is 3. The van der Waals surface area contributed by atoms with Crippen LogP contribution in [0.15, 0.2) is 12.1 Å². The highest BCUT2D eigenvalue weighted by molar-refractivity contribution is 9.08. The first kappa shape index (κ1) is 11.0. The number of hydrogen-bond donors (Lipinski definition) is 0. The summed E-state index contributed by atoms with van der Waals surface area (Å²) in [5, 5.41) is 0.529. The SMILES string of the molecule is COC(=O)c1ccc(OC)c(CBr)n1. The molecule has 14 heavy (non-hydrogen) atoms. The van der Waals surface area contributed by atoms with E-state index in [1.54, 1.807) is 19.2 Å². The molecular formula is C9H10BrNO3. The molecule has 0 saturated carbocycles. The highest BCUT2D eigenvalue weighted by Crippen LogP contribution is 2.19. The van der Waals surface area contributed by atoms with Crippen molar-refractivity contribution in [2.75, 3.05) is 14.2 Å². The Morgan fingerprint density at radius 1 is 1.50 bits per heavy atom. The summed E-state index contributed by atoms with van der Waals surface area (Å²) in [6, 6.07) is 3.26. The lowest BCUT2D eigenvalue weighted by molar-refractivity contribution is 0.0593. The van der Waals surface area contributed by atoms with Crippen LogP contribution in [0.5, 0.6) is 5.75 Å². The molecule has 0 saturated heterocycles. The fourth-order valence-corrected chi connectivity index (χ4v) is 1.39. The van der Waals surface area contributed by atoms with Gasteiger partial charge in [-0.25, -0.2) is 9.78 Å². The van der Waals surface area contributed by atoms with E-state index in [1.807, 2.05) is 0 Å². The van der Waals surface area contributed by atoms with Crippen molar-refractivity contribution in [3.8, 4) is 5.75 Å². The molecule has 0 fully saturated rings. The van der Waals surface area contributed by atoms with Gasteiger partial charge < -0.3 is 9.47 Å². The maximum atomic E-state index is 11.1. The first-order valence-corrected chi connectivity index (χ1v) is 5.03. The van der Waals surface area contributed by atoms with Crippen LogP contribution in [0, 0.1) is 0 Å². The van der Waals surface area contributed by atoms with Gasteiger partial charge >= 0.3 is 5.97 Å². The van der Waals surface area contributed by atoms with E-state index in [1.165, 1.54) is 7.11 Å². The summed E-state index contributed by atoms with van der Waals surface area (Å²) in [5.74, 6) is 0.199. The second kappa shape index (κ2) is 4.95. The van der Waals surface area contributed by atoms with Gasteiger partial charge in [0.2, 0.25) is 0 Å². The Morgan fingerprint density at radius 2 is 2.21 bits per heavy atom. The zero-order chi connectivity index (χ0) is 10.6. The standard InChI is InChI=1S/C9H10BrNO3/c1-13-8-4-3-6(9(12)14-2)11-7(8)5-10/h3-4H,5H2,1-2H3. The maximum Gasteiger partial charge on any atom is 0.356 e. The minimum absolute atomic E-state index is 0.280. The number of pyridine rings is 1. The van der Waals surface area contributed by atoms with Crippen molar-refractivity contribution in [2.45, 2.75) is 5.33 Å². The van der Waals surface area contributed by atoms with Crippen molar-refractivity contribution >= 4 is 21.9 Å². The van der Waals surface area contributed by atoms with E-state index in [2.05, 4.69) is 25.7 Å². The quantitative estimate of drug-likeness (QED) is 0.613. The van der Waals surface area contributed by atoms with Gasteiger partial charge in [-0.05, 0) is 12.1 Å². The van der Waals surface area contributed by atoms with E-state index >= 15 is 0 Å². The van der Waals surface area contributed by atoms with E-state index in [0.29, 0.717) is 16.8 Å². The van der Waals surface area contributed by atoms with Gasteiger partial charge in [0.25, 0.3) is 0 Å². The Labute approximate surface area is 90.4 Å². The lowest BCUT2D eigenvalue weighted by atomic mass is 10.3. The van der Waals surface area contributed by atoms with Crippen molar-refractivity contribution in [3.63, 3.8) is 0 Å². The average molecular weight is 260 g/mol. The number of alkyl halides is 1. The van der Waals surface area contributed by atoms with E-state index in [0.717, 1.165) is 0 Å². The topological polar surface area (TPSA) is 48.4 Å². The molecule has 0 N–H and O–H groups in total. The number of carbonyl (C=O) groups excluding carboxylic acids is 1. The molecule has 0 aromatic carbocycles. The monoisotopic (exact) mass is 259 g/mol. The van der Waals surface area contributed by atoms with Gasteiger partial charge in [0, 0.05) is 5.33 Å². The van der Waals surface area contributed by atoms with E-state index in [9.17, 15) is 4.79 Å². The Morgan fingerprint density at radius 3 is 2.71 bits per heavy atom. The molecule has 1 heterocycles. The second-order valence-electron chi connectivity index (χ2n) is 2.47. The fraction of sp³-hybridized carbons (Fsp3) is 0.333. The lowest BCUT2D eigenvalue weighted by Crippen LogP contribution is -2.06. The highest BCUT2D eigenvalue weighted by atomic mass is 79.9. The molecule has 4 nitrogen and oxygen atoms in total. The Kier molecular flexibility index (Phi) is 3.88. The van der Waals surface area contributed by atoms with Gasteiger partial charge in [-0.3, -0.25) is 0 Å². The maximum absolute atomic E-state index is 11.1. The molecular weight excluding hydrogens is 250 g/mol. The zero-order valence-corrected chi connectivity index (χ0v) is 9.50. The molecule has 0 amide bonds. The van der Waals surface area contributed by atoms with Crippen LogP contribution in [-0.4, -0.2) is 25.2 Å². The van der Waals surface area contributed by atoms with Crippen LogP contribution in [0.4, 0.5) is 0 Å². The molecule has 1 aromatic rings. The van der Waals surface area contributed by atoms with E-state index in [-0.39, 0.29) is 5.69 Å². The number of halogens is 1. The van der Waals surface area contributed by atoms with Crippen LogP contribution in [0.1, 0.15) is 16.2 Å². The minimum atomic E-state index is -0.449. The van der Waals surface area contributed by atoms with Crippen LogP contribution < -0.4 is 4.74 Å². The number of nitrogens with zero attached hydrogens (tertiary/aromatic N) is 1. The third-order valence-corrected chi connectivity index (χ3v) is 2.20. The summed E-state index contributed by atoms with van der Waals surface area (Å²) >= 11 is 3.26. The number of aromatic nitrogens is 1. The van der Waals surface area contributed by atoms with Crippen molar-refractivity contribution in [3.05, 3.63) is 23.5 Å². The van der Waals surface area contributed by atoms with Crippen LogP contribution in [0.3, 0.4) is 0 Å². The van der Waals surface area contributed by atoms with Gasteiger partial charge in [0.1, 0.15) is 11.4 Å². The van der Waals surface area contributed by atoms with Gasteiger partial charge in [-0.1, -0.05) is 15.9 Å². The van der Waals surface area contributed by atoms with Crippen LogP contribution in [-0.2, 0) is 10.1 Å². The van der Waals surface area contributed by atoms with Gasteiger partial charge in [-0.15, -0.1) is 0 Å². The molecule has 0 unspecified atom stereocenters. The summed E-state index contributed by atoms with van der Waals surface area (Å²) < 4.78 is 9.61. The molecule has 0 radical (unpaired) electrons. The molecule has 5 heteroatoms. The van der Waals surface area contributed by atoms with Crippen LogP contribution in [0.2, 0.25) is 0 Å². The van der Waals surface area contributed by atoms with Crippen LogP contribution in [0.25, 0.3) is 0 Å². The number of esters is 1. The van der Waals surface area contributed by atoms with E-state index < -0.39 is 5.97 Å². The smallest absolute Gasteiger partial charge is 0.356 e. The van der Waals surface area contributed by atoms with Crippen molar-refractivity contribution in [2.24, 2.45) is 0 Å². The summed E-state index contributed by atoms with van der Waals surface area (Å²) in [4.78, 5) is 15.2. The molecule has 0 bridgehead atoms. The average Bonchev–Trinajstić information content (AvgIpc) is 2.26. The molecule has 76 valence electrons. The second-order valence-corrected chi connectivity index (χ2v) is 3.03. The van der Waals surface area contributed by atoms with Gasteiger partial charge in [0.05, 0.1) is 19.9 Å². The van der Waals surface area contributed by atoms with Crippen molar-refractivity contribution in [1.82, 2.24) is 4.98 Å². The number of methoxy groups -OCH3 is 2. The minimum Gasteiger partial charge on any atom is -0.495 e. The third-order valence-electron chi connectivity index (χ3n) is 1.67. The molecule has 0 atom stereocenters. The molecule has 0 aliphatic heterocycles. The number of hydrogen-bond acceptors (Lipinski definition) is 4. The number of ether oxygens (including phenoxy) is 2. The first-order valence-electron chi connectivity index (χ1n) is 3.91. The summed E-state index contributed by atoms with van der Waals surface area (Å²) in [6.07, 6.45) is 0. The summed E-state index contributed by atoms with van der Waals surface area (Å²) in [6.45, 7) is 0. The largest absolute Gasteiger partial charge is 0.495 e. The Bertz CT molecular complexity index is 341. The van der Waals surface area contributed by atoms with Gasteiger partial charge in [-0.2, -0.15) is 0 Å². The Hall–Kier alpha value is -1.10. The van der Waals surface area contributed by atoms with E-state index in [4.69, 9.17) is 4.74 Å². The fourth-order valence-electron chi connectivity index (χ4n) is 0.988. The molecule has 0 aliphatic carbocycles. The third kappa shape index (κ3) is 2.23. The predicted molar refractivity (Wildman–Crippen MR) is 54.8 cm³/mol. The molecule has 0 spiro atoms. The molecule has 1 aromatic heterocycles. The zero-order valence-electron chi connectivity index (χ0n) is 7.91. The van der Waals surface area contributed by atoms with Crippen LogP contribution >= 0.6 is 15.9 Å². The van der Waals surface area contributed by atoms with Crippen molar-refractivity contribution < 1.29 is 14.3 Å². The highest BCUT2D eigenvalue weighted by Gasteiger charge is 2.10. The Balaban J connectivity index is 3.07. The predicted octanol–water partition coefficient (Wildman–Crippen LogP) is 1.77. The first-order chi connectivity index (χ1) is 6.72. The number of carbonyl (C=O) groups is 1. The molecule has 0 aliphatic rings. The summed E-state index contributed by atoms with van der Waals surface area (Å²) in [7, 11) is 2.88. The normalized spacial score (nSPS) is 9.64. The molecule has 1 rings (SSSR count). The summed E-state index contributed by atoms with van der Waals surface area (Å²) in [5.41, 5.74) is 0.957.